The molecule has 0 spiro atoms. The maximum atomic E-state index is 13.8. The number of nitrogens with one attached hydrogen (secondary N) is 2. The molecule has 1 unspecified atom stereocenters. The highest BCUT2D eigenvalue weighted by molar-refractivity contribution is 6.30. The van der Waals surface area contributed by atoms with Crippen LogP contribution in [0, 0.1) is 0 Å². The van der Waals surface area contributed by atoms with Crippen LogP contribution in [0.2, 0.25) is 5.02 Å². The van der Waals surface area contributed by atoms with E-state index in [0.29, 0.717) is 40.0 Å². The van der Waals surface area contributed by atoms with Gasteiger partial charge in [0.15, 0.2) is 6.29 Å². The monoisotopic (exact) mass is 701 g/mol. The van der Waals surface area contributed by atoms with Crippen molar-refractivity contribution in [1.82, 2.24) is 4.90 Å². The molecule has 3 N–H and O–H groups in total. The number of hydrogen-bond donors (Lipinski definition) is 3. The van der Waals surface area contributed by atoms with E-state index in [4.69, 9.17) is 16.3 Å². The van der Waals surface area contributed by atoms with Crippen molar-refractivity contribution in [1.29, 1.82) is 0 Å². The van der Waals surface area contributed by atoms with Crippen LogP contribution in [0.15, 0.2) is 97.1 Å². The molecule has 1 heterocycles. The van der Waals surface area contributed by atoms with E-state index in [9.17, 15) is 14.7 Å². The molecule has 1 saturated carbocycles. The second kappa shape index (κ2) is 15.7. The summed E-state index contributed by atoms with van der Waals surface area (Å²) in [5.41, 5.74) is 7.16. The lowest BCUT2D eigenvalue weighted by Crippen LogP contribution is -2.27. The quantitative estimate of drug-likeness (QED) is 0.126. The number of benzene rings is 5. The number of amides is 2. The van der Waals surface area contributed by atoms with Crippen LogP contribution in [0.5, 0.6) is 0 Å². The number of aliphatic hydroxyl groups is 1. The number of nitrogens with zero attached hydrogens (tertiary/aromatic N) is 1. The maximum Gasteiger partial charge on any atom is 0.255 e. The summed E-state index contributed by atoms with van der Waals surface area (Å²) in [6, 6.07) is 31.5. The van der Waals surface area contributed by atoms with Gasteiger partial charge in [-0.1, -0.05) is 73.3 Å². The topological polar surface area (TPSA) is 90.9 Å². The molecule has 51 heavy (non-hydrogen) atoms. The molecule has 262 valence electrons. The zero-order valence-corrected chi connectivity index (χ0v) is 29.7. The average Bonchev–Trinajstić information content (AvgIpc) is 3.71. The van der Waals surface area contributed by atoms with Gasteiger partial charge in [0.1, 0.15) is 0 Å². The van der Waals surface area contributed by atoms with E-state index in [-0.39, 0.29) is 11.8 Å². The summed E-state index contributed by atoms with van der Waals surface area (Å²) in [7, 11) is 0. The Morgan fingerprint density at radius 2 is 1.47 bits per heavy atom. The Hall–Kier alpha value is -4.69. The standard InChI is InChI=1S/C43H44ClN3O4/c1-2-51-43(50)34-17-21-39(45-36-8-4-3-5-9-36)40(27-34)46-41(48)32-13-11-29-24-31(12-10-30(29)25-32)38-26-33(42(49)47-22-6-7-23-47)16-20-37(38)28-14-18-35(44)19-15-28/h10-21,24-27,36,43,45,50H,2-9,22-23H2,1H3,(H,46,48). The number of fused-ring (bicyclic) bond motifs is 1. The van der Waals surface area contributed by atoms with Crippen molar-refractivity contribution < 1.29 is 19.4 Å². The lowest BCUT2D eigenvalue weighted by Gasteiger charge is -2.26. The number of carbonyl (C=O) groups is 2. The van der Waals surface area contributed by atoms with Crippen LogP contribution in [-0.4, -0.2) is 47.6 Å². The Morgan fingerprint density at radius 1 is 0.765 bits per heavy atom. The molecule has 0 bridgehead atoms. The van der Waals surface area contributed by atoms with E-state index in [1.807, 2.05) is 96.8 Å². The first-order chi connectivity index (χ1) is 24.9. The number of aliphatic hydroxyl groups excluding tert-OH is 1. The SMILES string of the molecule is CCOC(O)c1ccc(NC2CCCCC2)c(NC(=O)c2ccc3cc(-c4cc(C(=O)N5CCCC5)ccc4-c4ccc(Cl)cc4)ccc3c2)c1. The van der Waals surface area contributed by atoms with Gasteiger partial charge in [-0.25, -0.2) is 0 Å². The third kappa shape index (κ3) is 7.96. The van der Waals surface area contributed by atoms with E-state index in [0.717, 1.165) is 77.5 Å². The van der Waals surface area contributed by atoms with Gasteiger partial charge < -0.3 is 25.4 Å². The van der Waals surface area contributed by atoms with Gasteiger partial charge in [-0.15, -0.1) is 0 Å². The summed E-state index contributed by atoms with van der Waals surface area (Å²) in [5, 5.41) is 19.8. The number of likely N-dealkylation sites (tertiary alicyclic amines) is 1. The number of hydrogen-bond acceptors (Lipinski definition) is 5. The smallest absolute Gasteiger partial charge is 0.255 e. The maximum absolute atomic E-state index is 13.8. The molecule has 5 aromatic rings. The molecule has 1 saturated heterocycles. The molecule has 1 aliphatic heterocycles. The summed E-state index contributed by atoms with van der Waals surface area (Å²) in [6.07, 6.45) is 6.78. The Kier molecular flexibility index (Phi) is 10.7. The molecule has 2 amide bonds. The van der Waals surface area contributed by atoms with Crippen LogP contribution in [-0.2, 0) is 4.74 Å². The number of ether oxygens (including phenoxy) is 1. The third-order valence-electron chi connectivity index (χ3n) is 10.1. The fraction of sp³-hybridized carbons (Fsp3) is 0.302. The first-order valence-corrected chi connectivity index (χ1v) is 18.5. The van der Waals surface area contributed by atoms with Crippen LogP contribution in [0.4, 0.5) is 11.4 Å². The minimum atomic E-state index is -1.08. The van der Waals surface area contributed by atoms with Gasteiger partial charge in [0.2, 0.25) is 0 Å². The number of carbonyl (C=O) groups excluding carboxylic acids is 2. The highest BCUT2D eigenvalue weighted by Gasteiger charge is 2.22. The van der Waals surface area contributed by atoms with Crippen LogP contribution < -0.4 is 10.6 Å². The van der Waals surface area contributed by atoms with Gasteiger partial charge in [-0.3, -0.25) is 9.59 Å². The molecule has 0 radical (unpaired) electrons. The van der Waals surface area contributed by atoms with Crippen molar-refractivity contribution in [3.63, 3.8) is 0 Å². The molecule has 2 fully saturated rings. The largest absolute Gasteiger partial charge is 0.381 e. The van der Waals surface area contributed by atoms with E-state index in [2.05, 4.69) is 16.7 Å². The van der Waals surface area contributed by atoms with Crippen molar-refractivity contribution in [3.05, 3.63) is 119 Å². The summed E-state index contributed by atoms with van der Waals surface area (Å²) in [5.74, 6) is -0.184. The molecule has 8 heteroatoms. The zero-order valence-electron chi connectivity index (χ0n) is 29.0. The zero-order chi connectivity index (χ0) is 35.3. The third-order valence-corrected chi connectivity index (χ3v) is 10.3. The molecule has 5 aromatic carbocycles. The van der Waals surface area contributed by atoms with Gasteiger partial charge in [0.05, 0.1) is 11.4 Å². The fourth-order valence-corrected chi connectivity index (χ4v) is 7.44. The Morgan fingerprint density at radius 3 is 2.24 bits per heavy atom. The molecular weight excluding hydrogens is 658 g/mol. The van der Waals surface area contributed by atoms with Crippen molar-refractivity contribution in [2.24, 2.45) is 0 Å². The van der Waals surface area contributed by atoms with Crippen molar-refractivity contribution >= 4 is 45.6 Å². The van der Waals surface area contributed by atoms with Crippen LogP contribution >= 0.6 is 11.6 Å². The molecule has 2 aliphatic rings. The molecule has 1 atom stereocenters. The van der Waals surface area contributed by atoms with Crippen molar-refractivity contribution in [3.8, 4) is 22.3 Å². The molecule has 7 rings (SSSR count). The normalized spacial score (nSPS) is 15.5. The highest BCUT2D eigenvalue weighted by Crippen LogP contribution is 2.36. The Balaban J connectivity index is 1.19. The molecule has 1 aliphatic carbocycles. The van der Waals surface area contributed by atoms with E-state index in [1.54, 1.807) is 6.07 Å². The van der Waals surface area contributed by atoms with Gasteiger partial charge in [0, 0.05) is 47.5 Å². The minimum absolute atomic E-state index is 0.0582. The lowest BCUT2D eigenvalue weighted by atomic mass is 9.91. The summed E-state index contributed by atoms with van der Waals surface area (Å²) in [4.78, 5) is 29.1. The van der Waals surface area contributed by atoms with Gasteiger partial charge in [-0.2, -0.15) is 0 Å². The second-order valence-electron chi connectivity index (χ2n) is 13.6. The number of rotatable bonds is 10. The molecule has 0 aromatic heterocycles. The van der Waals surface area contributed by atoms with Crippen LogP contribution in [0.1, 0.15) is 84.4 Å². The minimum Gasteiger partial charge on any atom is -0.381 e. The number of anilines is 2. The molecule has 7 nitrogen and oxygen atoms in total. The first-order valence-electron chi connectivity index (χ1n) is 18.1. The fourth-order valence-electron chi connectivity index (χ4n) is 7.31. The predicted molar refractivity (Wildman–Crippen MR) is 206 cm³/mol. The van der Waals surface area contributed by atoms with E-state index in [1.165, 1.54) is 19.3 Å². The van der Waals surface area contributed by atoms with E-state index >= 15 is 0 Å². The predicted octanol–water partition coefficient (Wildman–Crippen LogP) is 10.1. The van der Waals surface area contributed by atoms with Crippen molar-refractivity contribution in [2.45, 2.75) is 64.2 Å². The average molecular weight is 702 g/mol. The Labute approximate surface area is 304 Å². The summed E-state index contributed by atoms with van der Waals surface area (Å²) >= 11 is 6.22. The van der Waals surface area contributed by atoms with Gasteiger partial charge in [-0.05, 0) is 120 Å². The van der Waals surface area contributed by atoms with Crippen molar-refractivity contribution in [2.75, 3.05) is 30.3 Å². The summed E-state index contributed by atoms with van der Waals surface area (Å²) in [6.45, 7) is 3.78. The second-order valence-corrected chi connectivity index (χ2v) is 14.0. The lowest BCUT2D eigenvalue weighted by molar-refractivity contribution is -0.0979. The summed E-state index contributed by atoms with van der Waals surface area (Å²) < 4.78 is 5.43. The highest BCUT2D eigenvalue weighted by atomic mass is 35.5. The van der Waals surface area contributed by atoms with Crippen LogP contribution in [0.3, 0.4) is 0 Å². The molecular formula is C43H44ClN3O4. The first kappa shape index (κ1) is 34.7. The van der Waals surface area contributed by atoms with Gasteiger partial charge in [0.25, 0.3) is 11.8 Å². The number of halogens is 1. The van der Waals surface area contributed by atoms with E-state index < -0.39 is 6.29 Å². The van der Waals surface area contributed by atoms with Gasteiger partial charge >= 0.3 is 0 Å². The van der Waals surface area contributed by atoms with Crippen LogP contribution in [0.25, 0.3) is 33.0 Å². The Bertz CT molecular complexity index is 2030.